The Morgan fingerprint density at radius 3 is 2.32 bits per heavy atom. The molecule has 9 atom stereocenters. The normalized spacial score (nSPS) is 37.6. The predicted molar refractivity (Wildman–Crippen MR) is 187 cm³/mol. The van der Waals surface area contributed by atoms with Gasteiger partial charge in [0.25, 0.3) is 0 Å². The summed E-state index contributed by atoms with van der Waals surface area (Å²) >= 11 is 0. The molecule has 47 heavy (non-hydrogen) atoms. The maximum Gasteiger partial charge on any atom is 0.185 e. The summed E-state index contributed by atoms with van der Waals surface area (Å²) in [5.74, 6) is 0.497. The van der Waals surface area contributed by atoms with Gasteiger partial charge in [-0.3, -0.25) is 19.7 Å². The van der Waals surface area contributed by atoms with E-state index >= 15 is 0 Å². The van der Waals surface area contributed by atoms with Crippen LogP contribution in [-0.2, 0) is 25.5 Å². The fraction of sp³-hybridized carbons (Fsp3) is 0.865. The lowest BCUT2D eigenvalue weighted by Crippen LogP contribution is -2.58. The average Bonchev–Trinajstić information content (AvgIpc) is 3.01. The molecule has 0 amide bonds. The number of rotatable bonds is 8. The van der Waals surface area contributed by atoms with Crippen LogP contribution in [0.5, 0.6) is 0 Å². The van der Waals surface area contributed by atoms with E-state index in [1.54, 1.807) is 0 Å². The third kappa shape index (κ3) is 10.9. The van der Waals surface area contributed by atoms with E-state index in [-0.39, 0.29) is 29.6 Å². The Bertz CT molecular complexity index is 1060. The molecule has 270 valence electrons. The van der Waals surface area contributed by atoms with Gasteiger partial charge in [0.1, 0.15) is 6.10 Å². The van der Waals surface area contributed by atoms with Crippen LogP contribution in [0, 0.1) is 17.3 Å². The van der Waals surface area contributed by atoms with Gasteiger partial charge in [0.2, 0.25) is 0 Å². The number of pyridine rings is 1. The summed E-state index contributed by atoms with van der Waals surface area (Å²) in [4.78, 5) is 13.9. The zero-order valence-corrected chi connectivity index (χ0v) is 31.2. The number of hydrogen-bond donors (Lipinski definition) is 1. The lowest BCUT2D eigenvalue weighted by atomic mass is 9.75. The van der Waals surface area contributed by atoms with Crippen molar-refractivity contribution in [3.8, 4) is 0 Å². The Morgan fingerprint density at radius 1 is 1.02 bits per heavy atom. The molecule has 0 unspecified atom stereocenters. The molecular formula is C37H67N5O5. The SMILES string of the molecule is CO[C@]1(C)C[C@@H](C)CN(C)[C@H](CN2CCN(Cc3ccncc3)CC2)COCC(C)(C)C[C@@H](C)[C@H]1O[C@@H]1O[C@H](C)C[C@H](N(C)C)[C@H]1O. The van der Waals surface area contributed by atoms with Crippen LogP contribution in [0.25, 0.3) is 0 Å². The molecule has 1 N–H and O–H groups in total. The first-order valence-electron chi connectivity index (χ1n) is 18.0. The molecule has 0 bridgehead atoms. The maximum absolute atomic E-state index is 11.4. The van der Waals surface area contributed by atoms with Crippen LogP contribution in [0.3, 0.4) is 0 Å². The summed E-state index contributed by atoms with van der Waals surface area (Å²) in [6, 6.07) is 4.51. The van der Waals surface area contributed by atoms with Crippen molar-refractivity contribution in [1.29, 1.82) is 0 Å². The van der Waals surface area contributed by atoms with Gasteiger partial charge in [-0.2, -0.15) is 0 Å². The van der Waals surface area contributed by atoms with Crippen molar-refractivity contribution in [3.63, 3.8) is 0 Å². The van der Waals surface area contributed by atoms with Crippen LogP contribution >= 0.6 is 0 Å². The van der Waals surface area contributed by atoms with Gasteiger partial charge in [-0.15, -0.1) is 0 Å². The molecule has 3 aliphatic rings. The topological polar surface area (TPSA) is 83.0 Å². The highest BCUT2D eigenvalue weighted by Gasteiger charge is 2.47. The van der Waals surface area contributed by atoms with Crippen molar-refractivity contribution >= 4 is 0 Å². The molecule has 3 fully saturated rings. The van der Waals surface area contributed by atoms with E-state index in [1.165, 1.54) is 5.56 Å². The van der Waals surface area contributed by atoms with Crippen molar-refractivity contribution in [2.24, 2.45) is 17.3 Å². The predicted octanol–water partition coefficient (Wildman–Crippen LogP) is 3.82. The van der Waals surface area contributed by atoms with Gasteiger partial charge in [-0.25, -0.2) is 0 Å². The monoisotopic (exact) mass is 662 g/mol. The third-order valence-corrected chi connectivity index (χ3v) is 10.9. The van der Waals surface area contributed by atoms with E-state index in [1.807, 2.05) is 33.6 Å². The molecular weight excluding hydrogens is 594 g/mol. The molecule has 1 aromatic heterocycles. The molecule has 3 saturated heterocycles. The lowest BCUT2D eigenvalue weighted by molar-refractivity contribution is -0.298. The highest BCUT2D eigenvalue weighted by molar-refractivity contribution is 5.09. The fourth-order valence-corrected chi connectivity index (χ4v) is 8.39. The van der Waals surface area contributed by atoms with E-state index in [0.717, 1.165) is 65.1 Å². The molecule has 10 nitrogen and oxygen atoms in total. The first-order valence-corrected chi connectivity index (χ1v) is 18.0. The summed E-state index contributed by atoms with van der Waals surface area (Å²) < 4.78 is 26.2. The standard InChI is InChI=1S/C37H67N5O5/c1-27-20-37(6,44-10)34(47-35-33(43)32(39(7)8)19-29(3)46-35)28(2)21-36(4,5)26-45-25-31(40(9)22-27)24-42-17-15-41(16-18-42)23-30-11-13-38-14-12-30/h11-14,27-29,31-35,43H,15-26H2,1-10H3/t27-,28-,29-,31-,32+,33-,34-,35+,37-/m1/s1. The molecule has 3 aliphatic heterocycles. The Morgan fingerprint density at radius 2 is 1.68 bits per heavy atom. The van der Waals surface area contributed by atoms with Gasteiger partial charge in [0, 0.05) is 77.4 Å². The third-order valence-electron chi connectivity index (χ3n) is 10.9. The number of methoxy groups -OCH3 is 1. The highest BCUT2D eigenvalue weighted by atomic mass is 16.7. The first kappa shape index (κ1) is 38.6. The zero-order chi connectivity index (χ0) is 34.4. The van der Waals surface area contributed by atoms with E-state index in [9.17, 15) is 5.11 Å². The van der Waals surface area contributed by atoms with Gasteiger partial charge in [0.15, 0.2) is 6.29 Å². The van der Waals surface area contributed by atoms with Crippen molar-refractivity contribution in [2.75, 3.05) is 80.7 Å². The summed E-state index contributed by atoms with van der Waals surface area (Å²) in [5.41, 5.74) is 0.693. The van der Waals surface area contributed by atoms with Gasteiger partial charge in [-0.05, 0) is 89.2 Å². The molecule has 10 heteroatoms. The first-order chi connectivity index (χ1) is 22.2. The largest absolute Gasteiger partial charge is 0.386 e. The fourth-order valence-electron chi connectivity index (χ4n) is 8.39. The van der Waals surface area contributed by atoms with Gasteiger partial charge < -0.3 is 29.0 Å². The van der Waals surface area contributed by atoms with E-state index < -0.39 is 18.0 Å². The summed E-state index contributed by atoms with van der Waals surface area (Å²) in [5, 5.41) is 11.4. The minimum absolute atomic E-state index is 0.00611. The molecule has 0 saturated carbocycles. The van der Waals surface area contributed by atoms with Gasteiger partial charge in [0.05, 0.1) is 31.0 Å². The van der Waals surface area contributed by atoms with Crippen molar-refractivity contribution < 1.29 is 24.1 Å². The summed E-state index contributed by atoms with van der Waals surface area (Å²) in [7, 11) is 8.10. The number of aromatic nitrogens is 1. The number of aliphatic hydroxyl groups excluding tert-OH is 1. The number of piperazine rings is 1. The van der Waals surface area contributed by atoms with E-state index in [0.29, 0.717) is 25.2 Å². The minimum Gasteiger partial charge on any atom is -0.386 e. The molecule has 0 radical (unpaired) electrons. The van der Waals surface area contributed by atoms with Crippen LogP contribution in [0.15, 0.2) is 24.5 Å². The number of ether oxygens (including phenoxy) is 4. The average molecular weight is 662 g/mol. The molecule has 0 spiro atoms. The smallest absolute Gasteiger partial charge is 0.185 e. The van der Waals surface area contributed by atoms with Crippen LogP contribution in [0.4, 0.5) is 0 Å². The number of likely N-dealkylation sites (N-methyl/N-ethyl adjacent to an activating group) is 2. The Labute approximate surface area is 286 Å². The Kier molecular flexibility index (Phi) is 14.1. The highest BCUT2D eigenvalue weighted by Crippen LogP contribution is 2.39. The van der Waals surface area contributed by atoms with E-state index in [2.05, 4.69) is 85.3 Å². The molecule has 1 aromatic rings. The molecule has 0 aromatic carbocycles. The Hall–Kier alpha value is -1.21. The number of nitrogens with zero attached hydrogens (tertiary/aromatic N) is 5. The molecule has 4 rings (SSSR count). The quantitative estimate of drug-likeness (QED) is 0.444. The minimum atomic E-state index is -0.739. The second kappa shape index (κ2) is 17.1. The summed E-state index contributed by atoms with van der Waals surface area (Å²) in [6.07, 6.45) is 4.55. The second-order valence-corrected chi connectivity index (χ2v) is 16.3. The van der Waals surface area contributed by atoms with Crippen LogP contribution < -0.4 is 0 Å². The van der Waals surface area contributed by atoms with Crippen molar-refractivity contribution in [2.45, 2.75) is 110 Å². The second-order valence-electron chi connectivity index (χ2n) is 16.3. The Balaban J connectivity index is 1.46. The zero-order valence-electron chi connectivity index (χ0n) is 31.2. The number of aliphatic hydroxyl groups is 1. The maximum atomic E-state index is 11.4. The molecule has 4 heterocycles. The van der Waals surface area contributed by atoms with Crippen LogP contribution in [0.2, 0.25) is 0 Å². The van der Waals surface area contributed by atoms with E-state index in [4.69, 9.17) is 18.9 Å². The summed E-state index contributed by atoms with van der Waals surface area (Å²) in [6.45, 7) is 22.0. The van der Waals surface area contributed by atoms with Crippen molar-refractivity contribution in [3.05, 3.63) is 30.1 Å². The van der Waals surface area contributed by atoms with Crippen molar-refractivity contribution in [1.82, 2.24) is 24.6 Å². The molecule has 0 aliphatic carbocycles. The van der Waals surface area contributed by atoms with Gasteiger partial charge in [-0.1, -0.05) is 27.7 Å². The number of hydrogen-bond acceptors (Lipinski definition) is 10. The lowest BCUT2D eigenvalue weighted by Gasteiger charge is -2.47. The van der Waals surface area contributed by atoms with Crippen LogP contribution in [0.1, 0.15) is 66.4 Å². The van der Waals surface area contributed by atoms with Gasteiger partial charge >= 0.3 is 0 Å². The van der Waals surface area contributed by atoms with Crippen LogP contribution in [-0.4, -0.2) is 153 Å².